The van der Waals surface area contributed by atoms with E-state index in [0.29, 0.717) is 0 Å². The molecule has 9 nitrogen and oxygen atoms in total. The van der Waals surface area contributed by atoms with Gasteiger partial charge >= 0.3 is 19.9 Å². The highest BCUT2D eigenvalue weighted by Gasteiger charge is 2.35. The Morgan fingerprint density at radius 2 is 1.48 bits per heavy atom. The molecule has 0 fully saturated rings. The summed E-state index contributed by atoms with van der Waals surface area (Å²) < 4.78 is 40.2. The summed E-state index contributed by atoms with van der Waals surface area (Å²) in [6, 6.07) is 15.3. The van der Waals surface area contributed by atoms with E-state index in [2.05, 4.69) is 5.32 Å². The topological polar surface area (TPSA) is 109 Å². The summed E-state index contributed by atoms with van der Waals surface area (Å²) in [5, 5.41) is 2.38. The molecular formula is C22H28NO8PS. The van der Waals surface area contributed by atoms with Gasteiger partial charge in [-0.05, 0) is 51.3 Å². The van der Waals surface area contributed by atoms with Crippen LogP contribution in [-0.4, -0.2) is 42.5 Å². The van der Waals surface area contributed by atoms with Gasteiger partial charge in [0.15, 0.2) is 6.04 Å². The lowest BCUT2D eigenvalue weighted by atomic mass is 10.2. The molecule has 0 aliphatic heterocycles. The number of para-hydroxylation sites is 2. The first-order chi connectivity index (χ1) is 15.6. The van der Waals surface area contributed by atoms with Crippen LogP contribution in [0.3, 0.4) is 0 Å². The van der Waals surface area contributed by atoms with Crippen LogP contribution < -0.4 is 14.4 Å². The summed E-state index contributed by atoms with van der Waals surface area (Å²) in [5.74, 6) is -0.262. The number of carbonyl (C=O) groups is 2. The van der Waals surface area contributed by atoms with E-state index in [-0.39, 0.29) is 17.4 Å². The lowest BCUT2D eigenvalue weighted by molar-refractivity contribution is -0.144. The van der Waals surface area contributed by atoms with Crippen molar-refractivity contribution < 1.29 is 37.2 Å². The highest BCUT2D eigenvalue weighted by Crippen LogP contribution is 2.49. The van der Waals surface area contributed by atoms with Gasteiger partial charge in [-0.25, -0.2) is 14.2 Å². The molecule has 1 atom stereocenters. The van der Waals surface area contributed by atoms with E-state index in [4.69, 9.17) is 23.0 Å². The van der Waals surface area contributed by atoms with Gasteiger partial charge in [-0.15, -0.1) is 11.8 Å². The average Bonchev–Trinajstić information content (AvgIpc) is 2.75. The summed E-state index contributed by atoms with van der Waals surface area (Å²) in [4.78, 5) is 24.7. The molecule has 0 bridgehead atoms. The van der Waals surface area contributed by atoms with Crippen molar-refractivity contribution in [1.82, 2.24) is 5.32 Å². The molecule has 33 heavy (non-hydrogen) atoms. The number of carbonyl (C=O) groups excluding carboxylic acids is 2. The van der Waals surface area contributed by atoms with Crippen LogP contribution in [0.5, 0.6) is 11.5 Å². The number of hydrogen-bond acceptors (Lipinski definition) is 9. The highest BCUT2D eigenvalue weighted by atomic mass is 32.2. The maximum atomic E-state index is 13.4. The minimum atomic E-state index is -4.27. The second kappa shape index (κ2) is 12.5. The first-order valence-electron chi connectivity index (χ1n) is 9.99. The van der Waals surface area contributed by atoms with Crippen LogP contribution in [0.4, 0.5) is 4.79 Å². The van der Waals surface area contributed by atoms with E-state index in [0.717, 1.165) is 0 Å². The summed E-state index contributed by atoms with van der Waals surface area (Å²) >= 11 is 1.27. The van der Waals surface area contributed by atoms with Gasteiger partial charge in [0.2, 0.25) is 0 Å². The van der Waals surface area contributed by atoms with Gasteiger partial charge in [0.05, 0.1) is 6.61 Å². The molecule has 1 N–H and O–H groups in total. The van der Waals surface area contributed by atoms with E-state index >= 15 is 0 Å². The first-order valence-corrected chi connectivity index (χ1v) is 12.8. The van der Waals surface area contributed by atoms with Gasteiger partial charge in [-0.3, -0.25) is 4.52 Å². The fourth-order valence-corrected chi connectivity index (χ4v) is 3.76. The van der Waals surface area contributed by atoms with Gasteiger partial charge in [-0.2, -0.15) is 0 Å². The molecule has 0 aromatic heterocycles. The van der Waals surface area contributed by atoms with Gasteiger partial charge in [0, 0.05) is 0 Å². The molecule has 1 amide bonds. The monoisotopic (exact) mass is 497 g/mol. The molecule has 2 aromatic carbocycles. The fourth-order valence-electron chi connectivity index (χ4n) is 2.29. The maximum Gasteiger partial charge on any atom is 0.587 e. The molecule has 2 rings (SSSR count). The molecule has 0 saturated carbocycles. The molecule has 0 aliphatic rings. The third-order valence-electron chi connectivity index (χ3n) is 3.61. The summed E-state index contributed by atoms with van der Waals surface area (Å²) in [5.41, 5.74) is -0.791. The van der Waals surface area contributed by atoms with Gasteiger partial charge in [0.1, 0.15) is 23.0 Å². The van der Waals surface area contributed by atoms with Crippen molar-refractivity contribution in [2.45, 2.75) is 32.4 Å². The third-order valence-corrected chi connectivity index (χ3v) is 5.30. The van der Waals surface area contributed by atoms with Crippen molar-refractivity contribution in [2.75, 3.05) is 18.8 Å². The number of phosphoric acid groups is 1. The molecule has 0 saturated heterocycles. The Morgan fingerprint density at radius 3 is 1.94 bits per heavy atom. The summed E-state index contributed by atoms with van der Waals surface area (Å²) in [6.45, 7) is 4.49. The number of esters is 1. The number of ether oxygens (including phenoxy) is 2. The van der Waals surface area contributed by atoms with E-state index in [1.54, 1.807) is 87.7 Å². The number of phosphoric ester groups is 1. The van der Waals surface area contributed by atoms with Crippen LogP contribution in [0, 0.1) is 0 Å². The Hall–Kier alpha value is -2.68. The van der Waals surface area contributed by atoms with E-state index < -0.39 is 38.1 Å². The predicted octanol–water partition coefficient (Wildman–Crippen LogP) is 5.03. The van der Waals surface area contributed by atoms with E-state index in [1.165, 1.54) is 11.8 Å². The number of benzene rings is 2. The zero-order valence-corrected chi connectivity index (χ0v) is 20.6. The van der Waals surface area contributed by atoms with Crippen molar-refractivity contribution in [3.63, 3.8) is 0 Å². The normalized spacial score (nSPS) is 12.4. The second-order valence-electron chi connectivity index (χ2n) is 7.62. The highest BCUT2D eigenvalue weighted by molar-refractivity contribution is 7.98. The van der Waals surface area contributed by atoms with Crippen LogP contribution in [0.2, 0.25) is 0 Å². The standard InChI is InChI=1S/C22H28NO8PS/c1-22(2,3)29-21(25)23-19(20(24)27-16-33-4)15-28-32(26,30-17-11-7-5-8-12-17)31-18-13-9-6-10-14-18/h5-14,19H,15-16H2,1-4H3,(H,23,25)/t19-/m0/s1. The van der Waals surface area contributed by atoms with E-state index in [1.807, 2.05) is 0 Å². The van der Waals surface area contributed by atoms with Gasteiger partial charge in [0.25, 0.3) is 0 Å². The van der Waals surface area contributed by atoms with Crippen LogP contribution in [0.1, 0.15) is 20.8 Å². The predicted molar refractivity (Wildman–Crippen MR) is 125 cm³/mol. The zero-order chi connectivity index (χ0) is 24.3. The quantitative estimate of drug-likeness (QED) is 0.260. The average molecular weight is 498 g/mol. The molecule has 0 radical (unpaired) electrons. The van der Waals surface area contributed by atoms with Crippen molar-refractivity contribution in [3.8, 4) is 11.5 Å². The molecular weight excluding hydrogens is 469 g/mol. The lowest BCUT2D eigenvalue weighted by Crippen LogP contribution is -2.46. The molecule has 180 valence electrons. The number of amides is 1. The Kier molecular flexibility index (Phi) is 10.1. The van der Waals surface area contributed by atoms with Gasteiger partial charge in [-0.1, -0.05) is 36.4 Å². The van der Waals surface area contributed by atoms with Crippen LogP contribution in [0.15, 0.2) is 60.7 Å². The molecule has 2 aromatic rings. The molecule has 0 unspecified atom stereocenters. The number of thioether (sulfide) groups is 1. The van der Waals surface area contributed by atoms with Crippen molar-refractivity contribution >= 4 is 31.6 Å². The van der Waals surface area contributed by atoms with Crippen molar-refractivity contribution in [2.24, 2.45) is 0 Å². The lowest BCUT2D eigenvalue weighted by Gasteiger charge is -2.24. The van der Waals surface area contributed by atoms with E-state index in [9.17, 15) is 14.2 Å². The number of rotatable bonds is 11. The van der Waals surface area contributed by atoms with Gasteiger partial charge < -0.3 is 23.8 Å². The summed E-state index contributed by atoms with van der Waals surface area (Å²) in [7, 11) is -4.27. The van der Waals surface area contributed by atoms with Crippen LogP contribution >= 0.6 is 19.6 Å². The fraction of sp³-hybridized carbons (Fsp3) is 0.364. The molecule has 0 heterocycles. The van der Waals surface area contributed by atoms with Crippen LogP contribution in [0.25, 0.3) is 0 Å². The Labute approximate surface area is 197 Å². The Morgan fingerprint density at radius 1 is 0.970 bits per heavy atom. The Bertz CT molecular complexity index is 891. The Balaban J connectivity index is 2.19. The largest absolute Gasteiger partial charge is 0.587 e. The summed E-state index contributed by atoms with van der Waals surface area (Å²) in [6.07, 6.45) is 0.885. The van der Waals surface area contributed by atoms with Crippen molar-refractivity contribution in [1.29, 1.82) is 0 Å². The molecule has 0 spiro atoms. The number of alkyl carbamates (subject to hydrolysis) is 1. The minimum absolute atomic E-state index is 0.0595. The first kappa shape index (κ1) is 26.6. The second-order valence-corrected chi connectivity index (χ2v) is 9.95. The molecule has 11 heteroatoms. The molecule has 0 aliphatic carbocycles. The smallest absolute Gasteiger partial charge is 0.453 e. The minimum Gasteiger partial charge on any atom is -0.453 e. The third kappa shape index (κ3) is 10.2. The number of hydrogen-bond donors (Lipinski definition) is 1. The zero-order valence-electron chi connectivity index (χ0n) is 18.9. The number of nitrogens with one attached hydrogen (secondary N) is 1. The maximum absolute atomic E-state index is 13.4. The SMILES string of the molecule is CSCOC(=O)[C@H](COP(=O)(Oc1ccccc1)Oc1ccccc1)NC(=O)OC(C)(C)C. The van der Waals surface area contributed by atoms with Crippen LogP contribution in [-0.2, 0) is 23.4 Å². The van der Waals surface area contributed by atoms with Crippen molar-refractivity contribution in [3.05, 3.63) is 60.7 Å².